The fourth-order valence-corrected chi connectivity index (χ4v) is 17.2. The van der Waals surface area contributed by atoms with E-state index in [4.69, 9.17) is 20.1 Å². The zero-order valence-electron chi connectivity index (χ0n) is 78.2. The molecule has 34 heteroatoms. The number of nitro groups is 1. The molecule has 9 aromatic carbocycles. The van der Waals surface area contributed by atoms with Gasteiger partial charge in [-0.3, -0.25) is 28.8 Å². The Morgan fingerprint density at radius 3 is 1.31 bits per heavy atom. The van der Waals surface area contributed by atoms with Gasteiger partial charge in [-0.1, -0.05) is 188 Å². The Bertz CT molecular complexity index is 6880. The molecule has 0 aliphatic heterocycles. The number of thiophene rings is 2. The first-order chi connectivity index (χ1) is 68.0. The predicted molar refractivity (Wildman–Crippen MR) is 541 cm³/mol. The number of carboxylic acid groups (broad SMARTS) is 6. The van der Waals surface area contributed by atoms with E-state index in [2.05, 4.69) is 88.0 Å². The Kier molecular flexibility index (Phi) is 36.4. The first-order valence-electron chi connectivity index (χ1n) is 44.6. The molecule has 0 saturated carbocycles. The average molecular weight is 1940 g/mol. The van der Waals surface area contributed by atoms with E-state index in [1.165, 1.54) is 33.4 Å². The van der Waals surface area contributed by atoms with E-state index in [0.717, 1.165) is 89.7 Å². The number of rotatable bonds is 33. The largest absolute Gasteiger partial charge is 0.497 e. The molecule has 0 fully saturated rings. The lowest BCUT2D eigenvalue weighted by Gasteiger charge is -2.32. The van der Waals surface area contributed by atoms with Crippen LogP contribution in [0.15, 0.2) is 378 Å². The molecule has 9 heterocycles. The molecule has 0 spiro atoms. The molecular formula is C107H107N17O15S2. The number of nitrogens with one attached hydrogen (secondary N) is 2. The standard InChI is InChI=1S/C24H23N3O2.C20H21N3O2.C16H14N2O2S.C14H16N2O2.C12H11N3O4.C11H12N2O.C10H10N2O2S/c1-24(2,23(28)29)22(27-14-13-25-16-27)18-8-10-20(11-9-18)26-21-12-7-17-5-3-4-6-19(17)15-21;1-20(2,19(24)25)18(23-13-12-21-14-23)15-8-10-17(11-9-15)22-16-6-4-3-5-7-16;19-16(20)9-13(12-5-2-1-3-6-12)18-11-17-10-14(18)15-7-4-8-21-15;1-10-11(2)16(9-15-10)13(8-14(17)18)12-6-4-3-5-7-12;16-12(17)6-10(9-4-2-1-3-5-9)14-7-11(13-8-14)15(18)19;1-14-11-4-2-10(3-5-11)8-13-7-6-12-9-13;13-10(14)6-8(9-2-1-5-15-9)12-4-3-11-7-12/h3-16,22,26H,1-2H3,(H,28,29);3-14,18,22H,1-2H3,(H,24,25);1-8,10-11,13H,9H2,(H,19,20);3-7,9,13H,8H2,1-2H3,(H,17,18);1-5,7-8,10H,6H2,(H,16,17);2-7,9H,8H2,1H3;1-5,7-8H,6H2,(H,13,14). The molecule has 0 bridgehead atoms. The number of benzene rings is 9. The molecule has 18 aromatic rings. The van der Waals surface area contributed by atoms with Crippen molar-refractivity contribution in [1.29, 1.82) is 0 Å². The van der Waals surface area contributed by atoms with Crippen molar-refractivity contribution in [1.82, 2.24) is 66.9 Å². The molecule has 8 N–H and O–H groups in total. The van der Waals surface area contributed by atoms with Crippen LogP contribution in [0.5, 0.6) is 5.75 Å². The number of aryl methyl sites for hydroxylation is 1. The monoisotopic (exact) mass is 1930 g/mol. The van der Waals surface area contributed by atoms with Crippen LogP contribution in [-0.2, 0) is 35.3 Å². The summed E-state index contributed by atoms with van der Waals surface area (Å²) in [4.78, 5) is 108. The van der Waals surface area contributed by atoms with Crippen LogP contribution < -0.4 is 15.4 Å². The van der Waals surface area contributed by atoms with Gasteiger partial charge in [0.2, 0.25) is 6.33 Å². The smallest absolute Gasteiger partial charge is 0.381 e. The number of nitrogens with zero attached hydrogens (tertiary/aromatic N) is 15. The predicted octanol–water partition coefficient (Wildman–Crippen LogP) is 21.9. The van der Waals surface area contributed by atoms with Gasteiger partial charge in [0.05, 0.1) is 140 Å². The van der Waals surface area contributed by atoms with Crippen molar-refractivity contribution in [3.8, 4) is 16.3 Å². The molecule has 6 atom stereocenters. The third kappa shape index (κ3) is 28.9. The van der Waals surface area contributed by atoms with Crippen LogP contribution in [0.3, 0.4) is 0 Å². The fourth-order valence-electron chi connectivity index (χ4n) is 15.7. The minimum absolute atomic E-state index is 0.0265. The molecule has 0 aliphatic rings. The number of aromatic nitrogens is 14. The van der Waals surface area contributed by atoms with E-state index in [1.54, 1.807) is 163 Å². The zero-order valence-corrected chi connectivity index (χ0v) is 79.8. The van der Waals surface area contributed by atoms with Crippen LogP contribution in [0.2, 0.25) is 0 Å². The van der Waals surface area contributed by atoms with Crippen molar-refractivity contribution >= 4 is 97.8 Å². The van der Waals surface area contributed by atoms with Crippen molar-refractivity contribution in [3.05, 3.63) is 438 Å². The van der Waals surface area contributed by atoms with Crippen molar-refractivity contribution < 1.29 is 69.1 Å². The maximum atomic E-state index is 11.9. The van der Waals surface area contributed by atoms with Gasteiger partial charge >= 0.3 is 41.6 Å². The third-order valence-corrected chi connectivity index (χ3v) is 24.9. The summed E-state index contributed by atoms with van der Waals surface area (Å²) in [6, 6.07) is 82.5. The Morgan fingerprint density at radius 2 is 0.865 bits per heavy atom. The van der Waals surface area contributed by atoms with Gasteiger partial charge in [0.1, 0.15) is 11.9 Å². The van der Waals surface area contributed by atoms with E-state index in [1.807, 2.05) is 259 Å². The zero-order chi connectivity index (χ0) is 100. The van der Waals surface area contributed by atoms with E-state index in [-0.39, 0.29) is 61.7 Å². The molecule has 9 aromatic heterocycles. The highest BCUT2D eigenvalue weighted by molar-refractivity contribution is 7.13. The number of methoxy groups -OCH3 is 1. The number of hydrogen-bond donors (Lipinski definition) is 8. The SMILES string of the molecule is CC(C)(C(=O)O)C(c1ccc(Nc2ccc3ccccc3c2)cc1)n1ccnc1.CC(C)(C(=O)O)C(c1ccc(Nc2ccccc2)cc1)n1ccnc1.COc1ccc(Cn2ccnc2)cc1.Cc1ncn(C(CC(=O)O)c2ccccc2)c1C.O=C(O)CC(c1ccccc1)n1cnc([N+](=O)[O-])c1.O=C(O)CC(c1ccccc1)n1cncc1-c1cccs1.O=C(O)CC(c1cccs1)n1ccnc1. The molecule has 6 unspecified atom stereocenters. The Morgan fingerprint density at radius 1 is 0.418 bits per heavy atom. The van der Waals surface area contributed by atoms with Crippen LogP contribution in [0, 0.1) is 34.8 Å². The lowest BCUT2D eigenvalue weighted by molar-refractivity contribution is -0.389. The Hall–Kier alpha value is -17.3. The minimum atomic E-state index is -0.992. The van der Waals surface area contributed by atoms with Crippen LogP contribution in [-0.4, -0.2) is 145 Å². The summed E-state index contributed by atoms with van der Waals surface area (Å²) in [5.74, 6) is -4.53. The van der Waals surface area contributed by atoms with E-state index >= 15 is 0 Å². The second kappa shape index (κ2) is 50.0. The van der Waals surface area contributed by atoms with Gasteiger partial charge < -0.3 is 88.1 Å². The van der Waals surface area contributed by atoms with E-state index < -0.39 is 57.6 Å². The Labute approximate surface area is 821 Å². The minimum Gasteiger partial charge on any atom is -0.497 e. The van der Waals surface area contributed by atoms with Gasteiger partial charge in [-0.05, 0) is 179 Å². The molecule has 32 nitrogen and oxygen atoms in total. The molecule has 18 rings (SSSR count). The number of ether oxygens (including phenoxy) is 1. The van der Waals surface area contributed by atoms with Crippen LogP contribution >= 0.6 is 22.7 Å². The van der Waals surface area contributed by atoms with Gasteiger partial charge in [0.25, 0.3) is 0 Å². The molecule has 722 valence electrons. The van der Waals surface area contributed by atoms with Crippen molar-refractivity contribution in [3.63, 3.8) is 0 Å². The van der Waals surface area contributed by atoms with Gasteiger partial charge in [-0.2, -0.15) is 0 Å². The number of fused-ring (bicyclic) bond motifs is 1. The lowest BCUT2D eigenvalue weighted by Crippen LogP contribution is -2.35. The highest BCUT2D eigenvalue weighted by Crippen LogP contribution is 2.41. The summed E-state index contributed by atoms with van der Waals surface area (Å²) in [5.41, 5.74) is 10.6. The summed E-state index contributed by atoms with van der Waals surface area (Å²) in [7, 11) is 1.67. The number of anilines is 4. The number of hydrogen-bond acceptors (Lipinski definition) is 20. The van der Waals surface area contributed by atoms with Gasteiger partial charge in [0, 0.05) is 89.4 Å². The van der Waals surface area contributed by atoms with Crippen molar-refractivity contribution in [2.45, 2.75) is 110 Å². The summed E-state index contributed by atoms with van der Waals surface area (Å²) >= 11 is 3.18. The molecule has 0 amide bonds. The number of aliphatic carboxylic acids is 6. The van der Waals surface area contributed by atoms with E-state index in [9.17, 15) is 54.2 Å². The number of para-hydroxylation sites is 1. The van der Waals surface area contributed by atoms with E-state index in [0.29, 0.717) is 0 Å². The van der Waals surface area contributed by atoms with Crippen molar-refractivity contribution in [2.24, 2.45) is 10.8 Å². The first kappa shape index (κ1) is 103. The normalized spacial score (nSPS) is 12.2. The molecule has 141 heavy (non-hydrogen) atoms. The van der Waals surface area contributed by atoms with Gasteiger partial charge in [-0.25, -0.2) is 29.9 Å². The van der Waals surface area contributed by atoms with Gasteiger partial charge in [0.15, 0.2) is 0 Å². The number of imidazole rings is 7. The molecular weight excluding hydrogens is 1830 g/mol. The first-order valence-corrected chi connectivity index (χ1v) is 46.3. The maximum Gasteiger partial charge on any atom is 0.381 e. The molecule has 0 aliphatic carbocycles. The summed E-state index contributed by atoms with van der Waals surface area (Å²) in [6.07, 6.45) is 28.6. The highest BCUT2D eigenvalue weighted by atomic mass is 32.1. The lowest BCUT2D eigenvalue weighted by atomic mass is 9.80. The fraction of sp³-hybridized carbons (Fsp3) is 0.187. The summed E-state index contributed by atoms with van der Waals surface area (Å²) in [5, 5.41) is 79.2. The Balaban J connectivity index is 0.000000149. The van der Waals surface area contributed by atoms with Crippen LogP contribution in [0.4, 0.5) is 28.6 Å². The second-order valence-electron chi connectivity index (χ2n) is 33.5. The highest BCUT2D eigenvalue weighted by Gasteiger charge is 2.41. The quantitative estimate of drug-likeness (QED) is 0.0140. The maximum absolute atomic E-state index is 11.9. The summed E-state index contributed by atoms with van der Waals surface area (Å²) in [6.45, 7) is 11.7. The van der Waals surface area contributed by atoms with Crippen LogP contribution in [0.1, 0.15) is 139 Å². The number of carbonyl (C=O) groups is 6. The average Bonchev–Trinajstić information content (AvgIpc) is 1.72. The second-order valence-corrected chi connectivity index (χ2v) is 35.4. The summed E-state index contributed by atoms with van der Waals surface area (Å²) < 4.78 is 17.9. The topological polar surface area (TPSA) is 425 Å². The van der Waals surface area contributed by atoms with Crippen LogP contribution in [0.25, 0.3) is 21.3 Å². The van der Waals surface area contributed by atoms with Crippen molar-refractivity contribution in [2.75, 3.05) is 17.7 Å². The van der Waals surface area contributed by atoms with Gasteiger partial charge in [-0.15, -0.1) is 22.7 Å². The molecule has 0 radical (unpaired) electrons. The molecule has 0 saturated heterocycles. The third-order valence-electron chi connectivity index (χ3n) is 23.1. The number of carboxylic acids is 6.